The average Bonchev–Trinajstić information content (AvgIpc) is 3.34. The van der Waals surface area contributed by atoms with Gasteiger partial charge in [0, 0.05) is 6.42 Å². The number of nitrogens with one attached hydrogen (secondary N) is 1. The van der Waals surface area contributed by atoms with Gasteiger partial charge in [-0.15, -0.1) is 0 Å². The molecule has 0 saturated carbocycles. The number of esters is 1. The van der Waals surface area contributed by atoms with Gasteiger partial charge in [0.1, 0.15) is 24.4 Å². The number of carbonyl (C=O) groups is 2. The molecule has 1 aliphatic rings. The summed E-state index contributed by atoms with van der Waals surface area (Å²) in [7, 11) is 0. The molecule has 1 rings (SSSR count). The minimum Gasteiger partial charge on any atom is -0.454 e. The van der Waals surface area contributed by atoms with E-state index < -0.39 is 67.4 Å². The lowest BCUT2D eigenvalue weighted by Gasteiger charge is -2.41. The van der Waals surface area contributed by atoms with Gasteiger partial charge in [0.05, 0.1) is 25.4 Å². The average molecular weight is 974 g/mol. The third-order valence-electron chi connectivity index (χ3n) is 12.9. The number of ether oxygens (including phenoxy) is 3. The molecule has 0 spiro atoms. The number of aliphatic hydroxyl groups is 5. The van der Waals surface area contributed by atoms with Crippen LogP contribution in [0.1, 0.15) is 233 Å². The van der Waals surface area contributed by atoms with Crippen molar-refractivity contribution in [3.05, 3.63) is 60.8 Å². The van der Waals surface area contributed by atoms with Crippen molar-refractivity contribution in [3.8, 4) is 0 Å². The Morgan fingerprint density at radius 1 is 0.565 bits per heavy atom. The number of unbranched alkanes of at least 4 members (excludes halogenated alkanes) is 24. The van der Waals surface area contributed by atoms with Gasteiger partial charge in [-0.25, -0.2) is 0 Å². The van der Waals surface area contributed by atoms with E-state index in [1.165, 1.54) is 122 Å². The summed E-state index contributed by atoms with van der Waals surface area (Å²) in [4.78, 5) is 26.4. The molecule has 1 amide bonds. The molecule has 11 nitrogen and oxygen atoms in total. The van der Waals surface area contributed by atoms with Crippen molar-refractivity contribution in [2.24, 2.45) is 0 Å². The Labute approximate surface area is 420 Å². The van der Waals surface area contributed by atoms with Crippen LogP contribution in [0.3, 0.4) is 0 Å². The van der Waals surface area contributed by atoms with E-state index in [4.69, 9.17) is 14.2 Å². The van der Waals surface area contributed by atoms with Crippen LogP contribution in [0.15, 0.2) is 60.8 Å². The number of amides is 1. The Kier molecular flexibility index (Phi) is 43.3. The minimum absolute atomic E-state index is 0.118. The first-order valence-electron chi connectivity index (χ1n) is 28.1. The van der Waals surface area contributed by atoms with Crippen LogP contribution in [0.25, 0.3) is 0 Å². The second-order valence-electron chi connectivity index (χ2n) is 19.3. The molecular formula is C58H103NO10. The van der Waals surface area contributed by atoms with E-state index >= 15 is 0 Å². The number of aliphatic hydroxyl groups excluding tert-OH is 5. The fraction of sp³-hybridized carbons (Fsp3) is 0.793. The number of rotatable bonds is 46. The summed E-state index contributed by atoms with van der Waals surface area (Å²) >= 11 is 0. The van der Waals surface area contributed by atoms with Gasteiger partial charge in [-0.3, -0.25) is 9.59 Å². The molecule has 1 aliphatic heterocycles. The van der Waals surface area contributed by atoms with Crippen LogP contribution >= 0.6 is 0 Å². The van der Waals surface area contributed by atoms with Crippen LogP contribution in [-0.2, 0) is 23.8 Å². The zero-order valence-corrected chi connectivity index (χ0v) is 43.9. The maximum absolute atomic E-state index is 13.3. The highest BCUT2D eigenvalue weighted by Crippen LogP contribution is 2.26. The van der Waals surface area contributed by atoms with E-state index in [-0.39, 0.29) is 19.4 Å². The van der Waals surface area contributed by atoms with E-state index in [1.807, 2.05) is 18.2 Å². The van der Waals surface area contributed by atoms with Gasteiger partial charge in [-0.2, -0.15) is 0 Å². The summed E-state index contributed by atoms with van der Waals surface area (Å²) in [6.45, 7) is 5.70. The van der Waals surface area contributed by atoms with E-state index in [0.717, 1.165) is 64.2 Å². The van der Waals surface area contributed by atoms with E-state index in [9.17, 15) is 35.1 Å². The van der Waals surface area contributed by atoms with E-state index in [0.29, 0.717) is 12.8 Å². The second kappa shape index (κ2) is 46.4. The molecular weight excluding hydrogens is 871 g/mol. The normalized spacial score (nSPS) is 20.3. The first-order chi connectivity index (χ1) is 33.7. The largest absolute Gasteiger partial charge is 0.454 e. The lowest BCUT2D eigenvalue weighted by molar-refractivity contribution is -0.305. The molecule has 0 radical (unpaired) electrons. The molecule has 6 N–H and O–H groups in total. The summed E-state index contributed by atoms with van der Waals surface area (Å²) < 4.78 is 17.5. The highest BCUT2D eigenvalue weighted by molar-refractivity contribution is 5.80. The van der Waals surface area contributed by atoms with Crippen molar-refractivity contribution in [2.45, 2.75) is 282 Å². The molecule has 1 fully saturated rings. The zero-order chi connectivity index (χ0) is 50.4. The molecule has 69 heavy (non-hydrogen) atoms. The minimum atomic E-state index is -1.62. The third-order valence-corrected chi connectivity index (χ3v) is 12.9. The van der Waals surface area contributed by atoms with E-state index in [1.54, 1.807) is 6.08 Å². The molecule has 0 aromatic rings. The van der Waals surface area contributed by atoms with Crippen LogP contribution in [0.4, 0.5) is 0 Å². The molecule has 8 atom stereocenters. The molecule has 0 bridgehead atoms. The molecule has 1 heterocycles. The van der Waals surface area contributed by atoms with Gasteiger partial charge in [-0.05, 0) is 64.2 Å². The molecule has 1 saturated heterocycles. The highest BCUT2D eigenvalue weighted by Gasteiger charge is 2.47. The number of allylic oxidation sites excluding steroid dienone is 9. The fourth-order valence-electron chi connectivity index (χ4n) is 8.41. The Balaban J connectivity index is 2.81. The third kappa shape index (κ3) is 35.2. The molecule has 8 unspecified atom stereocenters. The SMILES string of the molecule is CCCCC/C=C\C/C=C\C/C=C\C/C=C\CCC(O)C(=O)NC(COC1OC(CO)C(O)C(O)C1OC(=O)CCCCCCCCCCCCC)C(O)/C=C/CCCCCCCCCCCCC. The lowest BCUT2D eigenvalue weighted by atomic mass is 9.99. The van der Waals surface area contributed by atoms with Gasteiger partial charge in [0.2, 0.25) is 5.91 Å². The Morgan fingerprint density at radius 3 is 1.52 bits per heavy atom. The van der Waals surface area contributed by atoms with Crippen LogP contribution in [0.5, 0.6) is 0 Å². The monoisotopic (exact) mass is 974 g/mol. The molecule has 0 aromatic carbocycles. The van der Waals surface area contributed by atoms with Gasteiger partial charge < -0.3 is 45.1 Å². The maximum atomic E-state index is 13.3. The Hall–Kier alpha value is -2.64. The van der Waals surface area contributed by atoms with Crippen molar-refractivity contribution in [1.29, 1.82) is 0 Å². The van der Waals surface area contributed by atoms with Crippen molar-refractivity contribution >= 4 is 11.9 Å². The summed E-state index contributed by atoms with van der Waals surface area (Å²) in [6, 6.07) is -1.05. The standard InChI is InChI=1S/C58H103NO10/c1-4-7-10-13-16-19-22-24-25-26-28-31-33-36-39-42-45-51(62)57(66)59-49(50(61)44-41-38-35-32-30-27-23-20-17-14-11-8-5-2)48-67-58-56(55(65)54(64)52(47-60)68-58)69-53(63)46-43-40-37-34-29-21-18-15-12-9-6-3/h16,19,24-25,28,31,36,39,41,44,49-52,54-56,58,60-62,64-65H,4-15,17-18,20-23,26-27,29-30,32-35,37-38,40,42-43,45-48H2,1-3H3,(H,59,66)/b19-16-,25-24-,31-28-,39-36-,44-41+. The topological polar surface area (TPSA) is 175 Å². The van der Waals surface area contributed by atoms with Gasteiger partial charge in [-0.1, -0.05) is 223 Å². The fourth-order valence-corrected chi connectivity index (χ4v) is 8.41. The van der Waals surface area contributed by atoms with Gasteiger partial charge in [0.25, 0.3) is 0 Å². The maximum Gasteiger partial charge on any atom is 0.306 e. The number of hydrogen-bond donors (Lipinski definition) is 6. The van der Waals surface area contributed by atoms with Gasteiger partial charge >= 0.3 is 5.97 Å². The molecule has 11 heteroatoms. The summed E-state index contributed by atoms with van der Waals surface area (Å²) in [5.41, 5.74) is 0. The number of hydrogen-bond acceptors (Lipinski definition) is 10. The van der Waals surface area contributed by atoms with Crippen LogP contribution in [0.2, 0.25) is 0 Å². The van der Waals surface area contributed by atoms with E-state index in [2.05, 4.69) is 62.5 Å². The van der Waals surface area contributed by atoms with Crippen molar-refractivity contribution < 1.29 is 49.3 Å². The van der Waals surface area contributed by atoms with Crippen LogP contribution < -0.4 is 5.32 Å². The summed E-state index contributed by atoms with van der Waals surface area (Å²) in [6.07, 6.45) is 45.6. The molecule has 400 valence electrons. The zero-order valence-electron chi connectivity index (χ0n) is 43.9. The predicted molar refractivity (Wildman–Crippen MR) is 283 cm³/mol. The smallest absolute Gasteiger partial charge is 0.306 e. The van der Waals surface area contributed by atoms with Crippen LogP contribution in [0, 0.1) is 0 Å². The van der Waals surface area contributed by atoms with Crippen molar-refractivity contribution in [2.75, 3.05) is 13.2 Å². The molecule has 0 aromatic heterocycles. The Bertz CT molecular complexity index is 1350. The number of carbonyl (C=O) groups excluding carboxylic acids is 2. The van der Waals surface area contributed by atoms with Crippen molar-refractivity contribution in [1.82, 2.24) is 5.32 Å². The Morgan fingerprint density at radius 2 is 1.00 bits per heavy atom. The first kappa shape index (κ1) is 64.4. The summed E-state index contributed by atoms with van der Waals surface area (Å²) in [5.74, 6) is -1.25. The molecule has 0 aliphatic carbocycles. The van der Waals surface area contributed by atoms with Gasteiger partial charge in [0.15, 0.2) is 12.4 Å². The first-order valence-corrected chi connectivity index (χ1v) is 28.1. The summed E-state index contributed by atoms with van der Waals surface area (Å²) in [5, 5.41) is 56.6. The van der Waals surface area contributed by atoms with Crippen molar-refractivity contribution in [3.63, 3.8) is 0 Å². The van der Waals surface area contributed by atoms with Crippen LogP contribution in [-0.4, -0.2) is 99.6 Å². The predicted octanol–water partition coefficient (Wildman–Crippen LogP) is 12.3. The quantitative estimate of drug-likeness (QED) is 0.0196. The second-order valence-corrected chi connectivity index (χ2v) is 19.3. The lowest BCUT2D eigenvalue weighted by Crippen LogP contribution is -2.61. The highest BCUT2D eigenvalue weighted by atomic mass is 16.7.